The molecular formula is C11H10INO3. The summed E-state index contributed by atoms with van der Waals surface area (Å²) < 4.78 is 1.04. The maximum Gasteiger partial charge on any atom is 0.328 e. The van der Waals surface area contributed by atoms with Crippen molar-refractivity contribution in [3.8, 4) is 0 Å². The molecule has 0 aromatic heterocycles. The van der Waals surface area contributed by atoms with Crippen molar-refractivity contribution in [2.75, 3.05) is 5.32 Å². The Morgan fingerprint density at radius 3 is 2.62 bits per heavy atom. The summed E-state index contributed by atoms with van der Waals surface area (Å²) in [7, 11) is 0. The number of carbonyl (C=O) groups is 2. The van der Waals surface area contributed by atoms with Crippen molar-refractivity contribution >= 4 is 40.2 Å². The Labute approximate surface area is 106 Å². The summed E-state index contributed by atoms with van der Waals surface area (Å²) in [6, 6.07) is 5.48. The number of benzene rings is 1. The van der Waals surface area contributed by atoms with Gasteiger partial charge in [0.15, 0.2) is 0 Å². The van der Waals surface area contributed by atoms with Crippen LogP contribution in [0.3, 0.4) is 0 Å². The number of anilines is 1. The fourth-order valence-electron chi connectivity index (χ4n) is 1.00. The first-order chi connectivity index (χ1) is 7.49. The normalized spacial score (nSPS) is 10.4. The molecule has 1 aromatic carbocycles. The molecule has 0 aliphatic rings. The zero-order chi connectivity index (χ0) is 12.1. The van der Waals surface area contributed by atoms with Crippen LogP contribution in [-0.4, -0.2) is 17.0 Å². The van der Waals surface area contributed by atoms with Gasteiger partial charge < -0.3 is 10.4 Å². The monoisotopic (exact) mass is 331 g/mol. The molecule has 0 saturated carbocycles. The van der Waals surface area contributed by atoms with Gasteiger partial charge in [0.1, 0.15) is 0 Å². The third kappa shape index (κ3) is 4.01. The Kier molecular flexibility index (Phi) is 4.48. The van der Waals surface area contributed by atoms with E-state index >= 15 is 0 Å². The molecule has 84 valence electrons. The van der Waals surface area contributed by atoms with Crippen LogP contribution in [0.2, 0.25) is 0 Å². The van der Waals surface area contributed by atoms with E-state index in [2.05, 4.69) is 27.9 Å². The van der Waals surface area contributed by atoms with Gasteiger partial charge in [0.2, 0.25) is 5.91 Å². The summed E-state index contributed by atoms with van der Waals surface area (Å²) in [5.41, 5.74) is 1.77. The summed E-state index contributed by atoms with van der Waals surface area (Å²) in [6.45, 7) is 1.97. The van der Waals surface area contributed by atoms with Crippen molar-refractivity contribution in [1.29, 1.82) is 0 Å². The number of nitrogens with one attached hydrogen (secondary N) is 1. The minimum absolute atomic E-state index is 0.456. The fourth-order valence-corrected chi connectivity index (χ4v) is 1.52. The van der Waals surface area contributed by atoms with Crippen molar-refractivity contribution < 1.29 is 14.7 Å². The maximum atomic E-state index is 11.2. The number of aryl methyl sites for hydroxylation is 1. The third-order valence-corrected chi connectivity index (χ3v) is 2.98. The van der Waals surface area contributed by atoms with E-state index in [4.69, 9.17) is 5.11 Å². The van der Waals surface area contributed by atoms with Crippen LogP contribution in [0.1, 0.15) is 5.56 Å². The highest BCUT2D eigenvalue weighted by Gasteiger charge is 2.00. The van der Waals surface area contributed by atoms with Crippen molar-refractivity contribution in [2.24, 2.45) is 0 Å². The molecule has 1 amide bonds. The van der Waals surface area contributed by atoms with Gasteiger partial charge >= 0.3 is 5.97 Å². The van der Waals surface area contributed by atoms with Gasteiger partial charge in [-0.15, -0.1) is 0 Å². The quantitative estimate of drug-likeness (QED) is 0.659. The summed E-state index contributed by atoms with van der Waals surface area (Å²) >= 11 is 2.17. The molecule has 0 radical (unpaired) electrons. The largest absolute Gasteiger partial charge is 0.478 e. The van der Waals surface area contributed by atoms with E-state index in [1.54, 1.807) is 6.07 Å². The molecule has 1 rings (SSSR count). The van der Waals surface area contributed by atoms with Crippen molar-refractivity contribution in [2.45, 2.75) is 6.92 Å². The molecule has 5 heteroatoms. The summed E-state index contributed by atoms with van der Waals surface area (Å²) in [4.78, 5) is 21.4. The Balaban J connectivity index is 2.70. The molecular weight excluding hydrogens is 321 g/mol. The number of hydrogen-bond acceptors (Lipinski definition) is 2. The van der Waals surface area contributed by atoms with E-state index in [9.17, 15) is 9.59 Å². The minimum Gasteiger partial charge on any atom is -0.478 e. The minimum atomic E-state index is -1.14. The lowest BCUT2D eigenvalue weighted by Crippen LogP contribution is -2.08. The fraction of sp³-hybridized carbons (Fsp3) is 0.0909. The molecule has 4 nitrogen and oxygen atoms in total. The van der Waals surface area contributed by atoms with Gasteiger partial charge in [0, 0.05) is 21.4 Å². The van der Waals surface area contributed by atoms with Crippen LogP contribution < -0.4 is 5.32 Å². The van der Waals surface area contributed by atoms with Crippen molar-refractivity contribution in [3.05, 3.63) is 39.5 Å². The molecule has 16 heavy (non-hydrogen) atoms. The Bertz CT molecular complexity index is 455. The van der Waals surface area contributed by atoms with Crippen LogP contribution in [0.15, 0.2) is 30.4 Å². The maximum absolute atomic E-state index is 11.2. The Morgan fingerprint density at radius 1 is 1.38 bits per heavy atom. The van der Waals surface area contributed by atoms with Crippen LogP contribution in [0.5, 0.6) is 0 Å². The first kappa shape index (κ1) is 12.7. The molecule has 0 saturated heterocycles. The molecule has 0 atom stereocenters. The number of rotatable bonds is 3. The van der Waals surface area contributed by atoms with Gasteiger partial charge in [-0.2, -0.15) is 0 Å². The van der Waals surface area contributed by atoms with Crippen LogP contribution in [0, 0.1) is 10.5 Å². The SMILES string of the molecule is Cc1ccc(NC(=O)/C=C/C(=O)O)cc1I. The lowest BCUT2D eigenvalue weighted by atomic mass is 10.2. The van der Waals surface area contributed by atoms with Gasteiger partial charge in [-0.1, -0.05) is 6.07 Å². The molecule has 0 bridgehead atoms. The van der Waals surface area contributed by atoms with E-state index in [-0.39, 0.29) is 0 Å². The molecule has 0 aliphatic carbocycles. The zero-order valence-electron chi connectivity index (χ0n) is 8.53. The van der Waals surface area contributed by atoms with Crippen LogP contribution in [0.25, 0.3) is 0 Å². The van der Waals surface area contributed by atoms with Gasteiger partial charge in [0.25, 0.3) is 0 Å². The lowest BCUT2D eigenvalue weighted by Gasteiger charge is -2.04. The average Bonchev–Trinajstić information content (AvgIpc) is 2.21. The first-order valence-electron chi connectivity index (χ1n) is 4.47. The molecule has 0 fully saturated rings. The highest BCUT2D eigenvalue weighted by molar-refractivity contribution is 14.1. The molecule has 0 heterocycles. The third-order valence-electron chi connectivity index (χ3n) is 1.82. The van der Waals surface area contributed by atoms with Crippen LogP contribution >= 0.6 is 22.6 Å². The van der Waals surface area contributed by atoms with E-state index < -0.39 is 11.9 Å². The van der Waals surface area contributed by atoms with E-state index in [1.165, 1.54) is 0 Å². The molecule has 0 spiro atoms. The van der Waals surface area contributed by atoms with Gasteiger partial charge in [0.05, 0.1) is 0 Å². The van der Waals surface area contributed by atoms with E-state index in [1.807, 2.05) is 19.1 Å². The zero-order valence-corrected chi connectivity index (χ0v) is 10.7. The topological polar surface area (TPSA) is 66.4 Å². The summed E-state index contributed by atoms with van der Waals surface area (Å²) in [5, 5.41) is 10.9. The number of carboxylic acids is 1. The molecule has 1 aromatic rings. The highest BCUT2D eigenvalue weighted by Crippen LogP contribution is 2.16. The van der Waals surface area contributed by atoms with Crippen molar-refractivity contribution in [3.63, 3.8) is 0 Å². The van der Waals surface area contributed by atoms with Gasteiger partial charge in [-0.25, -0.2) is 4.79 Å². The van der Waals surface area contributed by atoms with Gasteiger partial charge in [-0.3, -0.25) is 4.79 Å². The number of amides is 1. The summed E-state index contributed by atoms with van der Waals surface area (Å²) in [6.07, 6.45) is 1.78. The summed E-state index contributed by atoms with van der Waals surface area (Å²) in [5.74, 6) is -1.60. The standard InChI is InChI=1S/C11H10INO3/c1-7-2-3-8(6-9(7)12)13-10(14)4-5-11(15)16/h2-6H,1H3,(H,13,14)(H,15,16)/b5-4+. The second-order valence-electron chi connectivity index (χ2n) is 3.12. The van der Waals surface area contributed by atoms with Gasteiger partial charge in [-0.05, 0) is 47.2 Å². The highest BCUT2D eigenvalue weighted by atomic mass is 127. The second kappa shape index (κ2) is 5.64. The smallest absolute Gasteiger partial charge is 0.328 e. The molecule has 2 N–H and O–H groups in total. The molecule has 0 unspecified atom stereocenters. The van der Waals surface area contributed by atoms with Crippen LogP contribution in [0.4, 0.5) is 5.69 Å². The Hall–Kier alpha value is -1.37. The van der Waals surface area contributed by atoms with E-state index in [0.717, 1.165) is 21.3 Å². The lowest BCUT2D eigenvalue weighted by molar-refractivity contribution is -0.131. The predicted octanol–water partition coefficient (Wildman–Crippen LogP) is 2.18. The predicted molar refractivity (Wildman–Crippen MR) is 69.3 cm³/mol. The first-order valence-corrected chi connectivity index (χ1v) is 5.55. The number of halogens is 1. The average molecular weight is 331 g/mol. The number of hydrogen-bond donors (Lipinski definition) is 2. The molecule has 0 aliphatic heterocycles. The second-order valence-corrected chi connectivity index (χ2v) is 4.29. The van der Waals surface area contributed by atoms with Crippen LogP contribution in [-0.2, 0) is 9.59 Å². The number of aliphatic carboxylic acids is 1. The van der Waals surface area contributed by atoms with E-state index in [0.29, 0.717) is 5.69 Å². The van der Waals surface area contributed by atoms with Crippen molar-refractivity contribution in [1.82, 2.24) is 0 Å². The number of carboxylic acid groups (broad SMARTS) is 1. The number of carbonyl (C=O) groups excluding carboxylic acids is 1. The Morgan fingerprint density at radius 2 is 2.06 bits per heavy atom.